The summed E-state index contributed by atoms with van der Waals surface area (Å²) >= 11 is 5.99. The maximum absolute atomic E-state index is 13.6. The zero-order chi connectivity index (χ0) is 20.6. The minimum atomic E-state index is -0.262. The fourth-order valence-electron chi connectivity index (χ4n) is 3.04. The monoisotopic (exact) mass is 414 g/mol. The van der Waals surface area contributed by atoms with Gasteiger partial charge in [0.15, 0.2) is 5.76 Å². The van der Waals surface area contributed by atoms with Crippen LogP contribution in [-0.4, -0.2) is 17.4 Å². The van der Waals surface area contributed by atoms with E-state index in [-0.39, 0.29) is 11.7 Å². The molecule has 1 heterocycles. The molecule has 0 aliphatic rings. The molecule has 6 heteroatoms. The summed E-state index contributed by atoms with van der Waals surface area (Å²) in [5.74, 6) is 0.497. The maximum atomic E-state index is 13.6. The van der Waals surface area contributed by atoms with E-state index in [0.717, 1.165) is 17.5 Å². The van der Waals surface area contributed by atoms with E-state index in [9.17, 15) is 9.18 Å². The van der Waals surface area contributed by atoms with Crippen LogP contribution in [0.1, 0.15) is 40.8 Å². The molecule has 0 saturated heterocycles. The van der Waals surface area contributed by atoms with Crippen molar-refractivity contribution in [2.75, 3.05) is 6.54 Å². The van der Waals surface area contributed by atoms with Crippen LogP contribution >= 0.6 is 11.6 Å². The summed E-state index contributed by atoms with van der Waals surface area (Å²) in [5.41, 5.74) is 1.95. The van der Waals surface area contributed by atoms with Gasteiger partial charge in [-0.2, -0.15) is 0 Å². The lowest BCUT2D eigenvalue weighted by molar-refractivity contribution is 0.0921. The fraction of sp³-hybridized carbons (Fsp3) is 0.261. The van der Waals surface area contributed by atoms with Gasteiger partial charge in [0.1, 0.15) is 11.6 Å². The number of benzene rings is 2. The number of hydrogen-bond acceptors (Lipinski definition) is 3. The van der Waals surface area contributed by atoms with E-state index in [1.807, 2.05) is 37.3 Å². The molecule has 29 heavy (non-hydrogen) atoms. The molecule has 0 radical (unpaired) electrons. The molecule has 3 aromatic rings. The van der Waals surface area contributed by atoms with Crippen LogP contribution in [0.3, 0.4) is 0 Å². The first-order chi connectivity index (χ1) is 14.0. The van der Waals surface area contributed by atoms with Gasteiger partial charge >= 0.3 is 0 Å². The third-order valence-electron chi connectivity index (χ3n) is 4.42. The zero-order valence-electron chi connectivity index (χ0n) is 16.3. The molecule has 4 nitrogen and oxygen atoms in total. The van der Waals surface area contributed by atoms with Crippen molar-refractivity contribution >= 4 is 17.5 Å². The van der Waals surface area contributed by atoms with Crippen LogP contribution in [0.5, 0.6) is 0 Å². The van der Waals surface area contributed by atoms with Crippen LogP contribution < -0.4 is 5.32 Å². The first kappa shape index (κ1) is 21.1. The van der Waals surface area contributed by atoms with Crippen LogP contribution in [0.4, 0.5) is 4.39 Å². The minimum absolute atomic E-state index is 0.215. The number of nitrogens with zero attached hydrogens (tertiary/aromatic N) is 1. The number of furan rings is 1. The van der Waals surface area contributed by atoms with Gasteiger partial charge in [0.2, 0.25) is 0 Å². The Morgan fingerprint density at radius 1 is 1.03 bits per heavy atom. The Kier molecular flexibility index (Phi) is 7.44. The van der Waals surface area contributed by atoms with E-state index in [1.54, 1.807) is 18.2 Å². The SMILES string of the molecule is CCCNC(=O)c1ccc(CN(Cc2ccc(Cl)cc2)Cc2cccc(F)c2)o1. The highest BCUT2D eigenvalue weighted by atomic mass is 35.5. The van der Waals surface area contributed by atoms with Gasteiger partial charge in [0.05, 0.1) is 6.54 Å². The van der Waals surface area contributed by atoms with Crippen LogP contribution in [0.15, 0.2) is 65.1 Å². The number of carbonyl (C=O) groups is 1. The van der Waals surface area contributed by atoms with Crippen molar-refractivity contribution in [2.45, 2.75) is 33.0 Å². The first-order valence-corrected chi connectivity index (χ1v) is 9.99. The smallest absolute Gasteiger partial charge is 0.286 e. The Morgan fingerprint density at radius 2 is 1.79 bits per heavy atom. The van der Waals surface area contributed by atoms with Gasteiger partial charge in [-0.25, -0.2) is 4.39 Å². The number of nitrogens with one attached hydrogen (secondary N) is 1. The Hall–Kier alpha value is -2.63. The normalized spacial score (nSPS) is 11.0. The summed E-state index contributed by atoms with van der Waals surface area (Å²) in [6.07, 6.45) is 0.863. The molecular weight excluding hydrogens is 391 g/mol. The quantitative estimate of drug-likeness (QED) is 0.509. The molecule has 0 aliphatic carbocycles. The van der Waals surface area contributed by atoms with E-state index in [0.29, 0.717) is 42.7 Å². The van der Waals surface area contributed by atoms with Gasteiger partial charge in [-0.3, -0.25) is 9.69 Å². The number of rotatable bonds is 9. The van der Waals surface area contributed by atoms with E-state index < -0.39 is 0 Å². The molecule has 0 atom stereocenters. The standard InChI is InChI=1S/C23H24ClFN2O2/c1-2-12-26-23(28)22-11-10-21(29-22)16-27(14-17-6-8-19(24)9-7-17)15-18-4-3-5-20(25)13-18/h3-11,13H,2,12,14-16H2,1H3,(H,26,28). The molecule has 3 rings (SSSR count). The highest BCUT2D eigenvalue weighted by Gasteiger charge is 2.14. The zero-order valence-corrected chi connectivity index (χ0v) is 17.1. The highest BCUT2D eigenvalue weighted by Crippen LogP contribution is 2.18. The second-order valence-corrected chi connectivity index (χ2v) is 7.36. The molecule has 152 valence electrons. The molecule has 0 saturated carbocycles. The van der Waals surface area contributed by atoms with E-state index >= 15 is 0 Å². The second kappa shape index (κ2) is 10.2. The van der Waals surface area contributed by atoms with Gasteiger partial charge in [-0.15, -0.1) is 0 Å². The lowest BCUT2D eigenvalue weighted by Gasteiger charge is -2.21. The van der Waals surface area contributed by atoms with Crippen LogP contribution in [0.2, 0.25) is 5.02 Å². The topological polar surface area (TPSA) is 45.5 Å². The second-order valence-electron chi connectivity index (χ2n) is 6.92. The third-order valence-corrected chi connectivity index (χ3v) is 4.67. The molecule has 2 aromatic carbocycles. The summed E-state index contributed by atoms with van der Waals surface area (Å²) in [7, 11) is 0. The predicted molar refractivity (Wildman–Crippen MR) is 112 cm³/mol. The van der Waals surface area contributed by atoms with Crippen molar-refractivity contribution in [1.82, 2.24) is 10.2 Å². The summed E-state index contributed by atoms with van der Waals surface area (Å²) in [6, 6.07) is 17.7. The Morgan fingerprint density at radius 3 is 2.52 bits per heavy atom. The third kappa shape index (κ3) is 6.44. The van der Waals surface area contributed by atoms with Crippen molar-refractivity contribution in [3.8, 4) is 0 Å². The summed E-state index contributed by atoms with van der Waals surface area (Å²) in [4.78, 5) is 14.2. The summed E-state index contributed by atoms with van der Waals surface area (Å²) in [5, 5.41) is 3.49. The maximum Gasteiger partial charge on any atom is 0.286 e. The molecule has 0 bridgehead atoms. The van der Waals surface area contributed by atoms with Crippen molar-refractivity contribution in [3.05, 3.63) is 94.2 Å². The molecular formula is C23H24ClFN2O2. The average Bonchev–Trinajstić information content (AvgIpc) is 3.16. The number of carbonyl (C=O) groups excluding carboxylic acids is 1. The van der Waals surface area contributed by atoms with Gasteiger partial charge in [-0.05, 0) is 53.9 Å². The number of hydrogen-bond donors (Lipinski definition) is 1. The molecule has 0 spiro atoms. The fourth-order valence-corrected chi connectivity index (χ4v) is 3.17. The lowest BCUT2D eigenvalue weighted by Crippen LogP contribution is -2.23. The number of amides is 1. The highest BCUT2D eigenvalue weighted by molar-refractivity contribution is 6.30. The first-order valence-electron chi connectivity index (χ1n) is 9.61. The van der Waals surface area contributed by atoms with E-state index in [2.05, 4.69) is 10.2 Å². The van der Waals surface area contributed by atoms with Crippen molar-refractivity contribution in [2.24, 2.45) is 0 Å². The van der Waals surface area contributed by atoms with E-state index in [1.165, 1.54) is 12.1 Å². The lowest BCUT2D eigenvalue weighted by atomic mass is 10.1. The molecule has 0 unspecified atom stereocenters. The molecule has 1 N–H and O–H groups in total. The molecule has 1 aromatic heterocycles. The Labute approximate surface area is 175 Å². The van der Waals surface area contributed by atoms with Crippen molar-refractivity contribution in [1.29, 1.82) is 0 Å². The van der Waals surface area contributed by atoms with Crippen LogP contribution in [-0.2, 0) is 19.6 Å². The predicted octanol–water partition coefficient (Wildman–Crippen LogP) is 5.41. The molecule has 0 fully saturated rings. The van der Waals surface area contributed by atoms with E-state index in [4.69, 9.17) is 16.0 Å². The van der Waals surface area contributed by atoms with Gasteiger partial charge in [-0.1, -0.05) is 42.8 Å². The van der Waals surface area contributed by atoms with Crippen LogP contribution in [0, 0.1) is 5.82 Å². The van der Waals surface area contributed by atoms with Gasteiger partial charge < -0.3 is 9.73 Å². The van der Waals surface area contributed by atoms with Gasteiger partial charge in [0.25, 0.3) is 5.91 Å². The van der Waals surface area contributed by atoms with Crippen molar-refractivity contribution < 1.29 is 13.6 Å². The summed E-state index contributed by atoms with van der Waals surface area (Å²) in [6.45, 7) is 4.26. The average molecular weight is 415 g/mol. The number of halogens is 2. The van der Waals surface area contributed by atoms with Crippen LogP contribution in [0.25, 0.3) is 0 Å². The van der Waals surface area contributed by atoms with Gasteiger partial charge in [0, 0.05) is 24.7 Å². The van der Waals surface area contributed by atoms with Crippen molar-refractivity contribution in [3.63, 3.8) is 0 Å². The molecule has 0 aliphatic heterocycles. The largest absolute Gasteiger partial charge is 0.455 e. The summed E-state index contributed by atoms with van der Waals surface area (Å²) < 4.78 is 19.4. The minimum Gasteiger partial charge on any atom is -0.455 e. The molecule has 1 amide bonds. The Bertz CT molecular complexity index is 940. The Balaban J connectivity index is 1.74.